The molecule has 114 valence electrons. The van der Waals surface area contributed by atoms with Crippen LogP contribution >= 0.6 is 0 Å². The summed E-state index contributed by atoms with van der Waals surface area (Å²) in [6, 6.07) is 7.98. The molecule has 0 bridgehead atoms. The number of nitrogens with zero attached hydrogens (tertiary/aromatic N) is 3. The highest BCUT2D eigenvalue weighted by Gasteiger charge is 2.43. The van der Waals surface area contributed by atoms with Crippen molar-refractivity contribution in [2.24, 2.45) is 11.8 Å². The number of carbonyl (C=O) groups excluding carboxylic acids is 1. The molecule has 2 unspecified atom stereocenters. The lowest BCUT2D eigenvalue weighted by Crippen LogP contribution is -2.45. The van der Waals surface area contributed by atoms with Gasteiger partial charge in [-0.3, -0.25) is 14.7 Å². The van der Waals surface area contributed by atoms with E-state index in [-0.39, 0.29) is 11.8 Å². The molecule has 22 heavy (non-hydrogen) atoms. The summed E-state index contributed by atoms with van der Waals surface area (Å²) in [5.41, 5.74) is 2.14. The standard InChI is InChI=1S/C17H20N4O/c22-17-16-12-20(11-14-3-1-7-19-14)10-13(16)5-8-21(17)15-4-2-6-18-9-15/h1-4,6-7,9,13,16,19H,5,8,10-12H2. The number of anilines is 1. The Labute approximate surface area is 130 Å². The fourth-order valence-corrected chi connectivity index (χ4v) is 3.74. The maximum atomic E-state index is 12.8. The first kappa shape index (κ1) is 13.5. The molecule has 0 radical (unpaired) electrons. The summed E-state index contributed by atoms with van der Waals surface area (Å²) in [4.78, 5) is 24.5. The minimum absolute atomic E-state index is 0.129. The van der Waals surface area contributed by atoms with E-state index in [1.807, 2.05) is 29.3 Å². The van der Waals surface area contributed by atoms with Crippen LogP contribution in [0.3, 0.4) is 0 Å². The fraction of sp³-hybridized carbons (Fsp3) is 0.412. The third-order valence-electron chi connectivity index (χ3n) is 4.84. The number of H-pyrrole nitrogens is 1. The van der Waals surface area contributed by atoms with Gasteiger partial charge in [0.25, 0.3) is 0 Å². The summed E-state index contributed by atoms with van der Waals surface area (Å²) in [6.07, 6.45) is 6.55. The van der Waals surface area contributed by atoms with Crippen molar-refractivity contribution < 1.29 is 4.79 Å². The van der Waals surface area contributed by atoms with Gasteiger partial charge in [-0.15, -0.1) is 0 Å². The van der Waals surface area contributed by atoms with Gasteiger partial charge in [-0.2, -0.15) is 0 Å². The van der Waals surface area contributed by atoms with Crippen molar-refractivity contribution in [1.82, 2.24) is 14.9 Å². The predicted octanol–water partition coefficient (Wildman–Crippen LogP) is 1.89. The van der Waals surface area contributed by atoms with Crippen molar-refractivity contribution in [3.05, 3.63) is 48.5 Å². The van der Waals surface area contributed by atoms with E-state index in [9.17, 15) is 4.79 Å². The number of hydrogen-bond donors (Lipinski definition) is 1. The van der Waals surface area contributed by atoms with E-state index < -0.39 is 0 Å². The van der Waals surface area contributed by atoms with Crippen LogP contribution in [-0.2, 0) is 11.3 Å². The Morgan fingerprint density at radius 2 is 2.23 bits per heavy atom. The number of hydrogen-bond acceptors (Lipinski definition) is 3. The van der Waals surface area contributed by atoms with E-state index in [2.05, 4.69) is 20.9 Å². The van der Waals surface area contributed by atoms with E-state index in [1.165, 1.54) is 5.69 Å². The van der Waals surface area contributed by atoms with Gasteiger partial charge in [-0.1, -0.05) is 0 Å². The van der Waals surface area contributed by atoms with Crippen LogP contribution in [0.2, 0.25) is 0 Å². The first-order chi connectivity index (χ1) is 10.8. The molecule has 4 heterocycles. The quantitative estimate of drug-likeness (QED) is 0.941. The number of aromatic amines is 1. The Morgan fingerprint density at radius 1 is 1.27 bits per heavy atom. The van der Waals surface area contributed by atoms with Crippen LogP contribution in [0.15, 0.2) is 42.9 Å². The number of likely N-dealkylation sites (tertiary alicyclic amines) is 1. The molecule has 5 heteroatoms. The van der Waals surface area contributed by atoms with Crippen LogP contribution in [0, 0.1) is 11.8 Å². The lowest BCUT2D eigenvalue weighted by atomic mass is 9.88. The second kappa shape index (κ2) is 5.57. The highest BCUT2D eigenvalue weighted by Crippen LogP contribution is 2.34. The summed E-state index contributed by atoms with van der Waals surface area (Å²) in [6.45, 7) is 3.60. The zero-order valence-electron chi connectivity index (χ0n) is 12.5. The zero-order chi connectivity index (χ0) is 14.9. The minimum atomic E-state index is 0.129. The average molecular weight is 296 g/mol. The van der Waals surface area contributed by atoms with Gasteiger partial charge in [0.05, 0.1) is 17.8 Å². The number of nitrogens with one attached hydrogen (secondary N) is 1. The lowest BCUT2D eigenvalue weighted by Gasteiger charge is -2.33. The number of pyridine rings is 1. The molecule has 2 aromatic rings. The predicted molar refractivity (Wildman–Crippen MR) is 84.3 cm³/mol. The van der Waals surface area contributed by atoms with E-state index in [4.69, 9.17) is 0 Å². The maximum Gasteiger partial charge on any atom is 0.231 e. The normalized spacial score (nSPS) is 25.5. The molecule has 0 aliphatic carbocycles. The van der Waals surface area contributed by atoms with Gasteiger partial charge in [0, 0.05) is 44.3 Å². The first-order valence-corrected chi connectivity index (χ1v) is 7.87. The second-order valence-corrected chi connectivity index (χ2v) is 6.25. The molecule has 0 aromatic carbocycles. The summed E-state index contributed by atoms with van der Waals surface area (Å²) in [5.74, 6) is 0.887. The summed E-state index contributed by atoms with van der Waals surface area (Å²) >= 11 is 0. The minimum Gasteiger partial charge on any atom is -0.364 e. The highest BCUT2D eigenvalue weighted by atomic mass is 16.2. The second-order valence-electron chi connectivity index (χ2n) is 6.25. The van der Waals surface area contributed by atoms with E-state index in [0.29, 0.717) is 5.92 Å². The average Bonchev–Trinajstić information content (AvgIpc) is 3.19. The van der Waals surface area contributed by atoms with Crippen LogP contribution in [0.5, 0.6) is 0 Å². The first-order valence-electron chi connectivity index (χ1n) is 7.87. The smallest absolute Gasteiger partial charge is 0.231 e. The Bertz CT molecular complexity index is 640. The van der Waals surface area contributed by atoms with E-state index >= 15 is 0 Å². The molecule has 0 spiro atoms. The van der Waals surface area contributed by atoms with Crippen LogP contribution in [0.1, 0.15) is 12.1 Å². The van der Waals surface area contributed by atoms with E-state index in [0.717, 1.165) is 38.3 Å². The SMILES string of the molecule is O=C1C2CN(Cc3ccc[nH]3)CC2CCN1c1cccnc1. The van der Waals surface area contributed by atoms with Crippen molar-refractivity contribution >= 4 is 11.6 Å². The summed E-state index contributed by atoms with van der Waals surface area (Å²) in [5, 5.41) is 0. The number of aromatic nitrogens is 2. The van der Waals surface area contributed by atoms with Crippen molar-refractivity contribution in [3.63, 3.8) is 0 Å². The molecule has 2 fully saturated rings. The molecule has 0 saturated carbocycles. The van der Waals surface area contributed by atoms with Gasteiger partial charge < -0.3 is 9.88 Å². The molecule has 2 saturated heterocycles. The molecular formula is C17H20N4O. The zero-order valence-corrected chi connectivity index (χ0v) is 12.5. The third-order valence-corrected chi connectivity index (χ3v) is 4.84. The summed E-state index contributed by atoms with van der Waals surface area (Å²) in [7, 11) is 0. The molecular weight excluding hydrogens is 276 g/mol. The molecule has 2 aliphatic heterocycles. The van der Waals surface area contributed by atoms with Gasteiger partial charge in [-0.25, -0.2) is 0 Å². The van der Waals surface area contributed by atoms with Gasteiger partial charge in [0.15, 0.2) is 0 Å². The van der Waals surface area contributed by atoms with Crippen molar-refractivity contribution in [2.45, 2.75) is 13.0 Å². The lowest BCUT2D eigenvalue weighted by molar-refractivity contribution is -0.124. The number of rotatable bonds is 3. The van der Waals surface area contributed by atoms with Crippen molar-refractivity contribution in [3.8, 4) is 0 Å². The molecule has 2 aliphatic rings. The fourth-order valence-electron chi connectivity index (χ4n) is 3.74. The number of fused-ring (bicyclic) bond motifs is 1. The Balaban J connectivity index is 1.47. The van der Waals surface area contributed by atoms with Crippen LogP contribution < -0.4 is 4.90 Å². The highest BCUT2D eigenvalue weighted by molar-refractivity contribution is 5.96. The number of piperidine rings is 1. The van der Waals surface area contributed by atoms with Crippen molar-refractivity contribution in [2.75, 3.05) is 24.5 Å². The molecule has 1 N–H and O–H groups in total. The van der Waals surface area contributed by atoms with Gasteiger partial charge >= 0.3 is 0 Å². The van der Waals surface area contributed by atoms with Gasteiger partial charge in [-0.05, 0) is 36.6 Å². The number of carbonyl (C=O) groups is 1. The monoisotopic (exact) mass is 296 g/mol. The number of amides is 1. The molecule has 5 nitrogen and oxygen atoms in total. The largest absolute Gasteiger partial charge is 0.364 e. The van der Waals surface area contributed by atoms with Gasteiger partial charge in [0.2, 0.25) is 5.91 Å². The van der Waals surface area contributed by atoms with Crippen molar-refractivity contribution in [1.29, 1.82) is 0 Å². The summed E-state index contributed by atoms with van der Waals surface area (Å²) < 4.78 is 0. The Hall–Kier alpha value is -2.14. The Morgan fingerprint density at radius 3 is 3.00 bits per heavy atom. The maximum absolute atomic E-state index is 12.8. The molecule has 2 aromatic heterocycles. The van der Waals surface area contributed by atoms with Crippen LogP contribution in [0.25, 0.3) is 0 Å². The third kappa shape index (κ3) is 2.41. The van der Waals surface area contributed by atoms with Gasteiger partial charge in [0.1, 0.15) is 0 Å². The molecule has 1 amide bonds. The topological polar surface area (TPSA) is 52.2 Å². The van der Waals surface area contributed by atoms with Crippen LogP contribution in [-0.4, -0.2) is 40.4 Å². The Kier molecular flexibility index (Phi) is 3.42. The van der Waals surface area contributed by atoms with E-state index in [1.54, 1.807) is 12.4 Å². The molecule has 2 atom stereocenters. The van der Waals surface area contributed by atoms with Crippen LogP contribution in [0.4, 0.5) is 5.69 Å². The molecule has 4 rings (SSSR count).